The van der Waals surface area contributed by atoms with Gasteiger partial charge in [-0.3, -0.25) is 9.59 Å². The Bertz CT molecular complexity index is 972. The number of hydrogen-bond donors (Lipinski definition) is 1. The van der Waals surface area contributed by atoms with Crippen molar-refractivity contribution >= 4 is 50.7 Å². The first kappa shape index (κ1) is 18.7. The van der Waals surface area contributed by atoms with Gasteiger partial charge in [-0.15, -0.1) is 0 Å². The number of benzene rings is 2. The van der Waals surface area contributed by atoms with E-state index in [1.54, 1.807) is 30.3 Å². The number of nitrogens with one attached hydrogen (secondary N) is 1. The summed E-state index contributed by atoms with van der Waals surface area (Å²) in [6, 6.07) is 10.7. The molecule has 9 heteroatoms. The lowest BCUT2D eigenvalue weighted by Crippen LogP contribution is -2.31. The number of nitrogens with zero attached hydrogens (tertiary/aromatic N) is 1. The third-order valence-electron chi connectivity index (χ3n) is 3.82. The molecular formula is C17H14Cl2N2O4S. The second-order valence-corrected chi connectivity index (χ2v) is 8.39. The largest absolute Gasteiger partial charge is 0.326 e. The molecule has 0 atom stereocenters. The van der Waals surface area contributed by atoms with Gasteiger partial charge in [-0.05, 0) is 36.8 Å². The normalized spacial score (nSPS) is 15.0. The van der Waals surface area contributed by atoms with Crippen LogP contribution in [0.1, 0.15) is 23.2 Å². The Labute approximate surface area is 160 Å². The van der Waals surface area contributed by atoms with Crippen molar-refractivity contribution in [3.8, 4) is 0 Å². The lowest BCUT2D eigenvalue weighted by atomic mass is 10.2. The molecule has 0 spiro atoms. The van der Waals surface area contributed by atoms with E-state index in [4.69, 9.17) is 23.2 Å². The maximum absolute atomic E-state index is 12.4. The second-order valence-electron chi connectivity index (χ2n) is 5.69. The fourth-order valence-corrected chi connectivity index (χ4v) is 4.82. The summed E-state index contributed by atoms with van der Waals surface area (Å²) in [6.07, 6.45) is 0.235. The fourth-order valence-electron chi connectivity index (χ4n) is 2.68. The molecule has 0 bridgehead atoms. The van der Waals surface area contributed by atoms with Crippen LogP contribution in [0.3, 0.4) is 0 Å². The molecule has 1 aliphatic heterocycles. The first-order valence-electron chi connectivity index (χ1n) is 7.71. The molecule has 0 aliphatic carbocycles. The Morgan fingerprint density at radius 1 is 1.08 bits per heavy atom. The minimum absolute atomic E-state index is 0.00280. The zero-order valence-electron chi connectivity index (χ0n) is 13.4. The van der Waals surface area contributed by atoms with Crippen LogP contribution in [0.5, 0.6) is 0 Å². The number of anilines is 1. The first-order chi connectivity index (χ1) is 12.3. The monoisotopic (exact) mass is 412 g/mol. The SMILES string of the molecule is O=C(CCCN1C(=O)c2ccccc2S1(=O)=O)Nc1cc(Cl)cc(Cl)c1. The topological polar surface area (TPSA) is 83.6 Å². The summed E-state index contributed by atoms with van der Waals surface area (Å²) < 4.78 is 25.6. The van der Waals surface area contributed by atoms with E-state index in [0.29, 0.717) is 15.7 Å². The van der Waals surface area contributed by atoms with Gasteiger partial charge in [0.2, 0.25) is 5.91 Å². The number of halogens is 2. The van der Waals surface area contributed by atoms with E-state index < -0.39 is 15.9 Å². The zero-order chi connectivity index (χ0) is 18.9. The van der Waals surface area contributed by atoms with Crippen LogP contribution < -0.4 is 5.32 Å². The van der Waals surface area contributed by atoms with Crippen molar-refractivity contribution in [2.24, 2.45) is 0 Å². The summed E-state index contributed by atoms with van der Waals surface area (Å²) in [5.41, 5.74) is 0.607. The Kier molecular flexibility index (Phi) is 5.22. The number of amides is 2. The minimum Gasteiger partial charge on any atom is -0.326 e. The predicted molar refractivity (Wildman–Crippen MR) is 99.0 cm³/mol. The molecule has 0 radical (unpaired) electrons. The van der Waals surface area contributed by atoms with Gasteiger partial charge in [0.1, 0.15) is 4.90 Å². The van der Waals surface area contributed by atoms with Gasteiger partial charge in [0.25, 0.3) is 15.9 Å². The van der Waals surface area contributed by atoms with Crippen molar-refractivity contribution in [2.45, 2.75) is 17.7 Å². The Morgan fingerprint density at radius 3 is 2.38 bits per heavy atom. The third kappa shape index (κ3) is 3.70. The minimum atomic E-state index is -3.85. The second kappa shape index (κ2) is 7.26. The average molecular weight is 413 g/mol. The number of carbonyl (C=O) groups is 2. The summed E-state index contributed by atoms with van der Waals surface area (Å²) in [5.74, 6) is -0.896. The van der Waals surface area contributed by atoms with Gasteiger partial charge in [0.15, 0.2) is 0 Å². The highest BCUT2D eigenvalue weighted by atomic mass is 35.5. The molecule has 6 nitrogen and oxygen atoms in total. The highest BCUT2D eigenvalue weighted by Crippen LogP contribution is 2.30. The van der Waals surface area contributed by atoms with E-state index in [1.807, 2.05) is 0 Å². The quantitative estimate of drug-likeness (QED) is 0.813. The highest BCUT2D eigenvalue weighted by Gasteiger charge is 2.40. The molecule has 2 aromatic rings. The molecule has 3 rings (SSSR count). The van der Waals surface area contributed by atoms with Crippen molar-refractivity contribution in [1.82, 2.24) is 4.31 Å². The molecule has 0 saturated heterocycles. The van der Waals surface area contributed by atoms with Crippen molar-refractivity contribution in [3.05, 3.63) is 58.1 Å². The lowest BCUT2D eigenvalue weighted by Gasteiger charge is -2.14. The summed E-state index contributed by atoms with van der Waals surface area (Å²) in [5, 5.41) is 3.41. The van der Waals surface area contributed by atoms with Crippen LogP contribution in [-0.4, -0.2) is 31.1 Å². The van der Waals surface area contributed by atoms with Crippen LogP contribution in [-0.2, 0) is 14.8 Å². The fraction of sp³-hybridized carbons (Fsp3) is 0.176. The van der Waals surface area contributed by atoms with Crippen molar-refractivity contribution in [1.29, 1.82) is 0 Å². The molecule has 0 saturated carbocycles. The molecule has 0 aromatic heterocycles. The third-order valence-corrected chi connectivity index (χ3v) is 6.10. The zero-order valence-corrected chi connectivity index (χ0v) is 15.7. The number of hydrogen-bond acceptors (Lipinski definition) is 4. The van der Waals surface area contributed by atoms with Crippen molar-refractivity contribution < 1.29 is 18.0 Å². The molecule has 0 unspecified atom stereocenters. The maximum Gasteiger partial charge on any atom is 0.269 e. The van der Waals surface area contributed by atoms with Gasteiger partial charge in [-0.1, -0.05) is 35.3 Å². The Hall–Kier alpha value is -2.09. The molecule has 2 aromatic carbocycles. The molecule has 1 heterocycles. The summed E-state index contributed by atoms with van der Waals surface area (Å²) in [6.45, 7) is -0.0699. The molecule has 136 valence electrons. The van der Waals surface area contributed by atoms with E-state index in [1.165, 1.54) is 12.1 Å². The van der Waals surface area contributed by atoms with Crippen molar-refractivity contribution in [2.75, 3.05) is 11.9 Å². The van der Waals surface area contributed by atoms with Gasteiger partial charge >= 0.3 is 0 Å². The maximum atomic E-state index is 12.4. The van der Waals surface area contributed by atoms with Crippen LogP contribution >= 0.6 is 23.2 Å². The molecule has 1 aliphatic rings. The number of fused-ring (bicyclic) bond motifs is 1. The standard InChI is InChI=1S/C17H14Cl2N2O4S/c18-11-8-12(19)10-13(9-11)20-16(22)6-3-7-21-17(23)14-4-1-2-5-15(14)26(21,24)25/h1-2,4-5,8-10H,3,6-7H2,(H,20,22). The predicted octanol–water partition coefficient (Wildman–Crippen LogP) is 3.56. The van der Waals surface area contributed by atoms with E-state index >= 15 is 0 Å². The van der Waals surface area contributed by atoms with Gasteiger partial charge in [0, 0.05) is 28.7 Å². The molecule has 1 N–H and O–H groups in total. The van der Waals surface area contributed by atoms with Gasteiger partial charge < -0.3 is 5.32 Å². The van der Waals surface area contributed by atoms with Crippen LogP contribution in [0, 0.1) is 0 Å². The summed E-state index contributed by atoms with van der Waals surface area (Å²) in [4.78, 5) is 24.3. The van der Waals surface area contributed by atoms with Crippen LogP contribution in [0.4, 0.5) is 5.69 Å². The van der Waals surface area contributed by atoms with E-state index in [9.17, 15) is 18.0 Å². The average Bonchev–Trinajstić information content (AvgIpc) is 2.75. The van der Waals surface area contributed by atoms with Gasteiger partial charge in [0.05, 0.1) is 5.56 Å². The number of sulfonamides is 1. The van der Waals surface area contributed by atoms with Crippen LogP contribution in [0.15, 0.2) is 47.4 Å². The number of carbonyl (C=O) groups excluding carboxylic acids is 2. The lowest BCUT2D eigenvalue weighted by molar-refractivity contribution is -0.116. The van der Waals surface area contributed by atoms with Crippen molar-refractivity contribution in [3.63, 3.8) is 0 Å². The molecule has 0 fully saturated rings. The van der Waals surface area contributed by atoms with Crippen LogP contribution in [0.2, 0.25) is 10.0 Å². The Balaban J connectivity index is 1.60. The first-order valence-corrected chi connectivity index (χ1v) is 9.91. The summed E-state index contributed by atoms with van der Waals surface area (Å²) >= 11 is 11.7. The highest BCUT2D eigenvalue weighted by molar-refractivity contribution is 7.90. The van der Waals surface area contributed by atoms with E-state index in [-0.39, 0.29) is 35.8 Å². The Morgan fingerprint density at radius 2 is 1.73 bits per heavy atom. The van der Waals surface area contributed by atoms with Gasteiger partial charge in [-0.25, -0.2) is 12.7 Å². The summed E-state index contributed by atoms with van der Waals surface area (Å²) in [7, 11) is -3.85. The molecule has 26 heavy (non-hydrogen) atoms. The molecular weight excluding hydrogens is 399 g/mol. The van der Waals surface area contributed by atoms with Gasteiger partial charge in [-0.2, -0.15) is 0 Å². The van der Waals surface area contributed by atoms with Crippen LogP contribution in [0.25, 0.3) is 0 Å². The smallest absolute Gasteiger partial charge is 0.269 e. The van der Waals surface area contributed by atoms with E-state index in [2.05, 4.69) is 5.32 Å². The molecule has 2 amide bonds. The van der Waals surface area contributed by atoms with E-state index in [0.717, 1.165) is 4.31 Å². The number of rotatable bonds is 5.